The molecular weight excluding hydrogens is 252 g/mol. The summed E-state index contributed by atoms with van der Waals surface area (Å²) in [6.07, 6.45) is 0.208. The third-order valence-electron chi connectivity index (χ3n) is 3.69. The number of nitro groups is 1. The Hall–Kier alpha value is -1.67. The first kappa shape index (κ1) is 13.8. The van der Waals surface area contributed by atoms with Gasteiger partial charge in [-0.15, -0.1) is 0 Å². The molecule has 2 N–H and O–H groups in total. The van der Waals surface area contributed by atoms with Crippen molar-refractivity contribution in [2.45, 2.75) is 32.0 Å². The van der Waals surface area contributed by atoms with Crippen molar-refractivity contribution in [2.75, 3.05) is 18.5 Å². The van der Waals surface area contributed by atoms with Gasteiger partial charge in [0.15, 0.2) is 0 Å². The molecule has 106 valence electrons. The molecule has 8 nitrogen and oxygen atoms in total. The van der Waals surface area contributed by atoms with Crippen LogP contribution in [0.4, 0.5) is 11.6 Å². The molecule has 1 aliphatic rings. The molecule has 0 amide bonds. The first-order chi connectivity index (χ1) is 8.85. The minimum Gasteiger partial charge on any atom is -0.385 e. The van der Waals surface area contributed by atoms with Gasteiger partial charge >= 0.3 is 5.82 Å². The molecule has 2 rings (SSSR count). The summed E-state index contributed by atoms with van der Waals surface area (Å²) in [6, 6.07) is 0. The minimum atomic E-state index is -1.01. The Morgan fingerprint density at radius 3 is 2.95 bits per heavy atom. The fraction of sp³-hybridized carbons (Fsp3) is 0.727. The lowest BCUT2D eigenvalue weighted by atomic mass is 9.97. The van der Waals surface area contributed by atoms with Crippen LogP contribution in [0.25, 0.3) is 0 Å². The van der Waals surface area contributed by atoms with Gasteiger partial charge in [0.2, 0.25) is 11.6 Å². The molecule has 2 atom stereocenters. The van der Waals surface area contributed by atoms with Crippen LogP contribution in [0.3, 0.4) is 0 Å². The van der Waals surface area contributed by atoms with Crippen LogP contribution in [-0.4, -0.2) is 44.4 Å². The number of nitrogens with zero attached hydrogens (tertiary/aromatic N) is 3. The highest BCUT2D eigenvalue weighted by Crippen LogP contribution is 2.29. The highest BCUT2D eigenvalue weighted by Gasteiger charge is 2.40. The molecule has 1 aromatic rings. The van der Waals surface area contributed by atoms with E-state index in [1.54, 1.807) is 25.5 Å². The zero-order valence-corrected chi connectivity index (χ0v) is 11.2. The van der Waals surface area contributed by atoms with Crippen molar-refractivity contribution in [3.63, 3.8) is 0 Å². The molecule has 1 aliphatic heterocycles. The summed E-state index contributed by atoms with van der Waals surface area (Å²) < 4.78 is 6.92. The van der Waals surface area contributed by atoms with Crippen molar-refractivity contribution >= 4 is 11.6 Å². The Kier molecular flexibility index (Phi) is 3.46. The van der Waals surface area contributed by atoms with Gasteiger partial charge in [-0.2, -0.15) is 0 Å². The number of aliphatic hydroxyl groups is 1. The van der Waals surface area contributed by atoms with E-state index in [1.165, 1.54) is 0 Å². The van der Waals surface area contributed by atoms with Crippen LogP contribution in [0.2, 0.25) is 0 Å². The Labute approximate surface area is 110 Å². The first-order valence-electron chi connectivity index (χ1n) is 6.11. The maximum absolute atomic E-state index is 10.9. The number of hydrogen-bond donors (Lipinski definition) is 2. The van der Waals surface area contributed by atoms with Crippen LogP contribution in [-0.2, 0) is 11.8 Å². The molecule has 0 spiro atoms. The van der Waals surface area contributed by atoms with Gasteiger partial charge in [-0.25, -0.2) is 0 Å². The van der Waals surface area contributed by atoms with Gasteiger partial charge in [0.25, 0.3) is 0 Å². The molecule has 0 bridgehead atoms. The van der Waals surface area contributed by atoms with E-state index < -0.39 is 10.5 Å². The van der Waals surface area contributed by atoms with Gasteiger partial charge in [-0.3, -0.25) is 4.57 Å². The van der Waals surface area contributed by atoms with Gasteiger partial charge in [0, 0.05) is 33.5 Å². The third kappa shape index (κ3) is 2.41. The van der Waals surface area contributed by atoms with E-state index in [4.69, 9.17) is 4.74 Å². The fourth-order valence-corrected chi connectivity index (χ4v) is 2.16. The predicted molar refractivity (Wildman–Crippen MR) is 68.1 cm³/mol. The van der Waals surface area contributed by atoms with E-state index in [2.05, 4.69) is 10.3 Å². The highest BCUT2D eigenvalue weighted by molar-refractivity contribution is 5.53. The van der Waals surface area contributed by atoms with Crippen molar-refractivity contribution in [3.8, 4) is 0 Å². The van der Waals surface area contributed by atoms with Crippen LogP contribution in [0.15, 0.2) is 0 Å². The Balaban J connectivity index is 2.18. The number of nitrogens with one attached hydrogen (secondary N) is 1. The largest absolute Gasteiger partial charge is 0.406 e. The fourth-order valence-electron chi connectivity index (χ4n) is 2.16. The number of aryl methyl sites for hydroxylation is 1. The standard InChI is InChI=1S/C11H18N4O4/c1-7-11(16,4-5-19-7)6-12-9-10(15(17)18)13-8(2)14(9)3/h7,12,16H,4-6H2,1-3H3. The van der Waals surface area contributed by atoms with Gasteiger partial charge in [-0.1, -0.05) is 0 Å². The maximum atomic E-state index is 10.9. The molecule has 0 radical (unpaired) electrons. The molecule has 1 saturated heterocycles. The van der Waals surface area contributed by atoms with Crippen molar-refractivity contribution in [3.05, 3.63) is 15.9 Å². The molecule has 1 fully saturated rings. The number of hydrogen-bond acceptors (Lipinski definition) is 6. The Bertz CT molecular complexity index is 501. The summed E-state index contributed by atoms with van der Waals surface area (Å²) in [5, 5.41) is 24.2. The summed E-state index contributed by atoms with van der Waals surface area (Å²) in [5.41, 5.74) is -1.01. The molecular formula is C11H18N4O4. The molecule has 0 aromatic carbocycles. The minimum absolute atomic E-state index is 0.188. The van der Waals surface area contributed by atoms with E-state index in [1.807, 2.05) is 0 Å². The molecule has 2 heterocycles. The maximum Gasteiger partial charge on any atom is 0.406 e. The average molecular weight is 270 g/mol. The summed E-state index contributed by atoms with van der Waals surface area (Å²) in [7, 11) is 1.69. The first-order valence-corrected chi connectivity index (χ1v) is 6.11. The van der Waals surface area contributed by atoms with Crippen LogP contribution in [0.1, 0.15) is 19.2 Å². The second kappa shape index (κ2) is 4.78. The second-order valence-electron chi connectivity index (χ2n) is 4.87. The van der Waals surface area contributed by atoms with E-state index >= 15 is 0 Å². The molecule has 0 saturated carbocycles. The van der Waals surface area contributed by atoms with Gasteiger partial charge in [0.05, 0.1) is 6.10 Å². The van der Waals surface area contributed by atoms with Crippen LogP contribution in [0.5, 0.6) is 0 Å². The van der Waals surface area contributed by atoms with E-state index in [9.17, 15) is 15.2 Å². The predicted octanol–water partition coefficient (Wildman–Crippen LogP) is 0.589. The van der Waals surface area contributed by atoms with E-state index in [-0.39, 0.29) is 18.5 Å². The lowest BCUT2D eigenvalue weighted by molar-refractivity contribution is -0.388. The zero-order chi connectivity index (χ0) is 14.2. The van der Waals surface area contributed by atoms with E-state index in [0.717, 1.165) is 0 Å². The van der Waals surface area contributed by atoms with Crippen molar-refractivity contribution in [1.82, 2.24) is 9.55 Å². The summed E-state index contributed by atoms with van der Waals surface area (Å²) in [4.78, 5) is 14.3. The second-order valence-corrected chi connectivity index (χ2v) is 4.87. The van der Waals surface area contributed by atoms with Crippen LogP contribution >= 0.6 is 0 Å². The summed E-state index contributed by atoms with van der Waals surface area (Å²) >= 11 is 0. The quantitative estimate of drug-likeness (QED) is 0.613. The summed E-state index contributed by atoms with van der Waals surface area (Å²) in [6.45, 7) is 4.16. The molecule has 2 unspecified atom stereocenters. The monoisotopic (exact) mass is 270 g/mol. The van der Waals surface area contributed by atoms with Gasteiger partial charge in [-0.05, 0) is 16.8 Å². The summed E-state index contributed by atoms with van der Waals surface area (Å²) in [5.74, 6) is 0.613. The van der Waals surface area contributed by atoms with E-state index in [0.29, 0.717) is 24.7 Å². The van der Waals surface area contributed by atoms with Crippen molar-refractivity contribution < 1.29 is 14.8 Å². The molecule has 1 aromatic heterocycles. The number of aromatic nitrogens is 2. The van der Waals surface area contributed by atoms with Crippen molar-refractivity contribution in [2.24, 2.45) is 7.05 Å². The van der Waals surface area contributed by atoms with Gasteiger partial charge in [0.1, 0.15) is 5.60 Å². The van der Waals surface area contributed by atoms with Crippen LogP contribution < -0.4 is 5.32 Å². The average Bonchev–Trinajstić information content (AvgIpc) is 2.81. The number of anilines is 1. The number of imidazole rings is 1. The molecule has 0 aliphatic carbocycles. The molecule has 19 heavy (non-hydrogen) atoms. The lowest BCUT2D eigenvalue weighted by Gasteiger charge is -2.26. The van der Waals surface area contributed by atoms with Crippen LogP contribution in [0, 0.1) is 17.0 Å². The topological polar surface area (TPSA) is 102 Å². The number of ether oxygens (including phenoxy) is 1. The Morgan fingerprint density at radius 1 is 1.74 bits per heavy atom. The normalized spacial score (nSPS) is 26.6. The third-order valence-corrected chi connectivity index (χ3v) is 3.69. The lowest BCUT2D eigenvalue weighted by Crippen LogP contribution is -2.43. The van der Waals surface area contributed by atoms with Crippen molar-refractivity contribution in [1.29, 1.82) is 0 Å². The van der Waals surface area contributed by atoms with Gasteiger partial charge < -0.3 is 25.3 Å². The zero-order valence-electron chi connectivity index (χ0n) is 11.2. The highest BCUT2D eigenvalue weighted by atomic mass is 16.6. The SMILES string of the molecule is Cc1nc([N+](=O)[O-])c(NCC2(O)CCOC2C)n1C. The smallest absolute Gasteiger partial charge is 0.385 e. The molecule has 8 heteroatoms. The Morgan fingerprint density at radius 2 is 2.42 bits per heavy atom. The number of rotatable bonds is 4.